The third kappa shape index (κ3) is 4.78. The molecule has 0 radical (unpaired) electrons. The van der Waals surface area contributed by atoms with E-state index in [1.807, 2.05) is 19.1 Å². The fourth-order valence-electron chi connectivity index (χ4n) is 1.33. The number of carbonyl (C=O) groups is 1. The van der Waals surface area contributed by atoms with E-state index in [1.54, 1.807) is 0 Å². The predicted molar refractivity (Wildman–Crippen MR) is 66.1 cm³/mol. The van der Waals surface area contributed by atoms with Crippen LogP contribution >= 0.6 is 0 Å². The number of rotatable bonds is 5. The first kappa shape index (κ1) is 12.5. The van der Waals surface area contributed by atoms with Crippen LogP contribution in [0.1, 0.15) is 30.9 Å². The summed E-state index contributed by atoms with van der Waals surface area (Å²) in [5.41, 5.74) is 2.41. The fraction of sp³-hybridized carbons (Fsp3) is 0.357. The fourth-order valence-corrected chi connectivity index (χ4v) is 1.33. The normalized spacial score (nSPS) is 10.6. The van der Waals surface area contributed by atoms with E-state index in [1.165, 1.54) is 5.56 Å². The Morgan fingerprint density at radius 3 is 2.62 bits per heavy atom. The minimum Gasteiger partial charge on any atom is -0.466 e. The summed E-state index contributed by atoms with van der Waals surface area (Å²) >= 11 is 0. The molecule has 0 amide bonds. The Labute approximate surface area is 96.9 Å². The van der Waals surface area contributed by atoms with Gasteiger partial charge in [-0.05, 0) is 25.8 Å². The van der Waals surface area contributed by atoms with Crippen LogP contribution in [0.3, 0.4) is 0 Å². The van der Waals surface area contributed by atoms with Gasteiger partial charge in [-0.3, -0.25) is 4.79 Å². The lowest BCUT2D eigenvalue weighted by Crippen LogP contribution is -2.02. The maximum atomic E-state index is 11.0. The molecule has 1 aromatic carbocycles. The molecule has 2 nitrogen and oxygen atoms in total. The molecule has 1 rings (SSSR count). The van der Waals surface area contributed by atoms with Crippen LogP contribution in [0.15, 0.2) is 30.3 Å². The second kappa shape index (κ2) is 6.83. The molecular weight excluding hydrogens is 200 g/mol. The molecule has 0 N–H and O–H groups in total. The third-order valence-electron chi connectivity index (χ3n) is 2.21. The van der Waals surface area contributed by atoms with Gasteiger partial charge >= 0.3 is 5.97 Å². The molecule has 0 aliphatic heterocycles. The van der Waals surface area contributed by atoms with Crippen molar-refractivity contribution < 1.29 is 9.53 Å². The summed E-state index contributed by atoms with van der Waals surface area (Å²) in [6.45, 7) is 4.34. The molecule has 1 aromatic rings. The minimum absolute atomic E-state index is 0.129. The number of carbonyl (C=O) groups excluding carboxylic acids is 1. The maximum Gasteiger partial charge on any atom is 0.306 e. The number of ether oxygens (including phenoxy) is 1. The van der Waals surface area contributed by atoms with Crippen molar-refractivity contribution >= 4 is 12.0 Å². The van der Waals surface area contributed by atoms with Crippen LogP contribution in [-0.4, -0.2) is 12.6 Å². The lowest BCUT2D eigenvalue weighted by atomic mass is 10.1. The number of allylic oxidation sites excluding steroid dienone is 1. The van der Waals surface area contributed by atoms with Crippen LogP contribution in [0.4, 0.5) is 0 Å². The summed E-state index contributed by atoms with van der Waals surface area (Å²) in [6.07, 6.45) is 5.21. The third-order valence-corrected chi connectivity index (χ3v) is 2.21. The Bertz CT molecular complexity index is 350. The van der Waals surface area contributed by atoms with Gasteiger partial charge in [-0.25, -0.2) is 0 Å². The number of aryl methyl sites for hydroxylation is 1. The smallest absolute Gasteiger partial charge is 0.306 e. The average Bonchev–Trinajstić information content (AvgIpc) is 2.27. The Hall–Kier alpha value is -1.57. The summed E-state index contributed by atoms with van der Waals surface area (Å²) < 4.78 is 4.84. The van der Waals surface area contributed by atoms with Crippen LogP contribution in [0.5, 0.6) is 0 Å². The number of hydrogen-bond donors (Lipinski definition) is 0. The summed E-state index contributed by atoms with van der Waals surface area (Å²) in [5.74, 6) is -0.129. The second-order valence-corrected chi connectivity index (χ2v) is 3.66. The van der Waals surface area contributed by atoms with Crippen LogP contribution in [0, 0.1) is 6.92 Å². The van der Waals surface area contributed by atoms with E-state index >= 15 is 0 Å². The zero-order valence-corrected chi connectivity index (χ0v) is 9.90. The van der Waals surface area contributed by atoms with Crippen LogP contribution < -0.4 is 0 Å². The Kier molecular flexibility index (Phi) is 5.34. The summed E-state index contributed by atoms with van der Waals surface area (Å²) in [7, 11) is 0. The van der Waals surface area contributed by atoms with Crippen LogP contribution in [-0.2, 0) is 9.53 Å². The van der Waals surface area contributed by atoms with E-state index in [9.17, 15) is 4.79 Å². The summed E-state index contributed by atoms with van der Waals surface area (Å²) in [4.78, 5) is 11.0. The molecule has 0 saturated carbocycles. The average molecular weight is 218 g/mol. The first-order valence-corrected chi connectivity index (χ1v) is 5.61. The topological polar surface area (TPSA) is 26.3 Å². The van der Waals surface area contributed by atoms with Gasteiger partial charge in [0.05, 0.1) is 6.61 Å². The van der Waals surface area contributed by atoms with Crippen molar-refractivity contribution in [2.24, 2.45) is 0 Å². The van der Waals surface area contributed by atoms with Crippen molar-refractivity contribution in [3.05, 3.63) is 41.5 Å². The molecule has 0 fully saturated rings. The summed E-state index contributed by atoms with van der Waals surface area (Å²) in [6, 6.07) is 8.28. The number of benzene rings is 1. The van der Waals surface area contributed by atoms with Gasteiger partial charge in [-0.1, -0.05) is 42.0 Å². The monoisotopic (exact) mass is 218 g/mol. The van der Waals surface area contributed by atoms with Crippen molar-refractivity contribution in [2.75, 3.05) is 6.61 Å². The zero-order chi connectivity index (χ0) is 11.8. The van der Waals surface area contributed by atoms with Crippen molar-refractivity contribution in [1.82, 2.24) is 0 Å². The molecule has 0 bridgehead atoms. The highest BCUT2D eigenvalue weighted by Gasteiger charge is 1.97. The first-order valence-electron chi connectivity index (χ1n) is 5.61. The van der Waals surface area contributed by atoms with Crippen molar-refractivity contribution in [1.29, 1.82) is 0 Å². The van der Waals surface area contributed by atoms with Gasteiger partial charge in [0, 0.05) is 6.42 Å². The Balaban J connectivity index is 2.32. The number of hydrogen-bond acceptors (Lipinski definition) is 2. The van der Waals surface area contributed by atoms with Crippen LogP contribution in [0.2, 0.25) is 0 Å². The molecule has 0 aliphatic carbocycles. The van der Waals surface area contributed by atoms with Crippen molar-refractivity contribution in [3.63, 3.8) is 0 Å². The van der Waals surface area contributed by atoms with Gasteiger partial charge < -0.3 is 4.74 Å². The molecule has 0 spiro atoms. The molecule has 0 aliphatic rings. The molecule has 2 heteroatoms. The Morgan fingerprint density at radius 1 is 1.31 bits per heavy atom. The van der Waals surface area contributed by atoms with E-state index in [0.29, 0.717) is 13.0 Å². The van der Waals surface area contributed by atoms with E-state index in [-0.39, 0.29) is 5.97 Å². The SMILES string of the molecule is CCOC(=O)CC/C=C/c1ccc(C)cc1. The highest BCUT2D eigenvalue weighted by Crippen LogP contribution is 2.06. The van der Waals surface area contributed by atoms with E-state index < -0.39 is 0 Å². The van der Waals surface area contributed by atoms with Gasteiger partial charge in [0.2, 0.25) is 0 Å². The van der Waals surface area contributed by atoms with E-state index in [0.717, 1.165) is 12.0 Å². The minimum atomic E-state index is -0.129. The van der Waals surface area contributed by atoms with Gasteiger partial charge in [0.15, 0.2) is 0 Å². The molecule has 0 heterocycles. The van der Waals surface area contributed by atoms with Crippen molar-refractivity contribution in [2.45, 2.75) is 26.7 Å². The van der Waals surface area contributed by atoms with Gasteiger partial charge in [0.1, 0.15) is 0 Å². The quantitative estimate of drug-likeness (QED) is 0.708. The number of esters is 1. The zero-order valence-electron chi connectivity index (χ0n) is 9.90. The van der Waals surface area contributed by atoms with Crippen molar-refractivity contribution in [3.8, 4) is 0 Å². The standard InChI is InChI=1S/C14H18O2/c1-3-16-14(15)7-5-4-6-13-10-8-12(2)9-11-13/h4,6,8-11H,3,5,7H2,1-2H3/b6-4+. The Morgan fingerprint density at radius 2 is 2.00 bits per heavy atom. The molecule has 86 valence electrons. The van der Waals surface area contributed by atoms with E-state index in [4.69, 9.17) is 4.74 Å². The van der Waals surface area contributed by atoms with Crippen LogP contribution in [0.25, 0.3) is 6.08 Å². The highest BCUT2D eigenvalue weighted by molar-refractivity contribution is 5.69. The lowest BCUT2D eigenvalue weighted by Gasteiger charge is -1.98. The van der Waals surface area contributed by atoms with Gasteiger partial charge in [0.25, 0.3) is 0 Å². The molecular formula is C14H18O2. The molecule has 0 atom stereocenters. The largest absolute Gasteiger partial charge is 0.466 e. The predicted octanol–water partition coefficient (Wildman–Crippen LogP) is 3.35. The maximum absolute atomic E-state index is 11.0. The van der Waals surface area contributed by atoms with E-state index in [2.05, 4.69) is 31.2 Å². The molecule has 0 unspecified atom stereocenters. The first-order chi connectivity index (χ1) is 7.72. The summed E-state index contributed by atoms with van der Waals surface area (Å²) in [5, 5.41) is 0. The second-order valence-electron chi connectivity index (χ2n) is 3.66. The lowest BCUT2D eigenvalue weighted by molar-refractivity contribution is -0.142. The molecule has 0 saturated heterocycles. The molecule has 16 heavy (non-hydrogen) atoms. The molecule has 0 aromatic heterocycles. The van der Waals surface area contributed by atoms with Gasteiger partial charge in [-0.15, -0.1) is 0 Å². The van der Waals surface area contributed by atoms with Gasteiger partial charge in [-0.2, -0.15) is 0 Å². The highest BCUT2D eigenvalue weighted by atomic mass is 16.5.